The highest BCUT2D eigenvalue weighted by molar-refractivity contribution is 7.90. The highest BCUT2D eigenvalue weighted by Gasteiger charge is 2.27. The van der Waals surface area contributed by atoms with Crippen LogP contribution in [0.3, 0.4) is 0 Å². The van der Waals surface area contributed by atoms with Crippen molar-refractivity contribution < 1.29 is 23.1 Å². The van der Waals surface area contributed by atoms with Gasteiger partial charge in [-0.15, -0.1) is 0 Å². The van der Waals surface area contributed by atoms with Crippen LogP contribution in [0, 0.1) is 5.92 Å². The molecule has 1 aliphatic heterocycles. The Morgan fingerprint density at radius 3 is 2.44 bits per heavy atom. The smallest absolute Gasteiger partial charge is 0.290 e. The molecule has 2 aliphatic rings. The van der Waals surface area contributed by atoms with Gasteiger partial charge < -0.3 is 15.3 Å². The molecule has 1 amide bonds. The number of nitrogens with zero attached hydrogens (tertiary/aromatic N) is 1. The first-order chi connectivity index (χ1) is 11.9. The summed E-state index contributed by atoms with van der Waals surface area (Å²) in [4.78, 5) is 22.7. The van der Waals surface area contributed by atoms with E-state index in [1.165, 1.54) is 51.3 Å². The van der Waals surface area contributed by atoms with E-state index in [0.29, 0.717) is 12.5 Å². The van der Waals surface area contributed by atoms with Crippen molar-refractivity contribution in [3.05, 3.63) is 0 Å². The first-order valence-electron chi connectivity index (χ1n) is 9.12. The largest absolute Gasteiger partial charge is 0.483 e. The monoisotopic (exact) mass is 376 g/mol. The van der Waals surface area contributed by atoms with Crippen molar-refractivity contribution in [3.8, 4) is 0 Å². The molecule has 0 aromatic heterocycles. The quantitative estimate of drug-likeness (QED) is 0.677. The van der Waals surface area contributed by atoms with Crippen LogP contribution in [0.25, 0.3) is 0 Å². The Morgan fingerprint density at radius 1 is 1.20 bits per heavy atom. The molecule has 8 heteroatoms. The zero-order valence-corrected chi connectivity index (χ0v) is 16.0. The van der Waals surface area contributed by atoms with E-state index in [0.717, 1.165) is 19.0 Å². The molecule has 1 aliphatic carbocycles. The van der Waals surface area contributed by atoms with Gasteiger partial charge >= 0.3 is 0 Å². The summed E-state index contributed by atoms with van der Waals surface area (Å²) in [6.07, 6.45) is 10.4. The summed E-state index contributed by atoms with van der Waals surface area (Å²) in [7, 11) is -3.05. The number of hydrogen-bond acceptors (Lipinski definition) is 5. The van der Waals surface area contributed by atoms with Crippen molar-refractivity contribution in [1.82, 2.24) is 10.2 Å². The van der Waals surface area contributed by atoms with Crippen LogP contribution < -0.4 is 5.32 Å². The van der Waals surface area contributed by atoms with Gasteiger partial charge in [-0.3, -0.25) is 9.59 Å². The van der Waals surface area contributed by atoms with Crippen LogP contribution in [0.4, 0.5) is 0 Å². The third-order valence-corrected chi connectivity index (χ3v) is 5.88. The number of sulfone groups is 1. The molecule has 1 saturated heterocycles. The van der Waals surface area contributed by atoms with E-state index < -0.39 is 9.84 Å². The second-order valence-corrected chi connectivity index (χ2v) is 9.34. The average Bonchev–Trinajstić information content (AvgIpc) is 2.59. The Bertz CT molecular complexity index is 503. The lowest BCUT2D eigenvalue weighted by Gasteiger charge is -2.40. The van der Waals surface area contributed by atoms with Gasteiger partial charge in [0.15, 0.2) is 0 Å². The summed E-state index contributed by atoms with van der Waals surface area (Å²) in [6.45, 7) is 2.71. The van der Waals surface area contributed by atoms with Gasteiger partial charge in [-0.05, 0) is 38.1 Å². The zero-order valence-electron chi connectivity index (χ0n) is 15.2. The van der Waals surface area contributed by atoms with E-state index in [-0.39, 0.29) is 24.6 Å². The maximum absolute atomic E-state index is 11.7. The van der Waals surface area contributed by atoms with Crippen molar-refractivity contribution >= 4 is 22.2 Å². The lowest BCUT2D eigenvalue weighted by molar-refractivity contribution is -0.123. The lowest BCUT2D eigenvalue weighted by atomic mass is 9.90. The molecule has 1 saturated carbocycles. The maximum Gasteiger partial charge on any atom is 0.290 e. The predicted octanol–water partition coefficient (Wildman–Crippen LogP) is 1.28. The highest BCUT2D eigenvalue weighted by atomic mass is 32.2. The van der Waals surface area contributed by atoms with Crippen molar-refractivity contribution in [1.29, 1.82) is 0 Å². The van der Waals surface area contributed by atoms with Gasteiger partial charge in [0.05, 0.1) is 5.75 Å². The molecule has 0 spiro atoms. The number of likely N-dealkylation sites (tertiary alicyclic amines) is 1. The topological polar surface area (TPSA) is 104 Å². The number of carboxylic acid groups (broad SMARTS) is 1. The van der Waals surface area contributed by atoms with E-state index in [1.54, 1.807) is 0 Å². The van der Waals surface area contributed by atoms with Gasteiger partial charge in [0, 0.05) is 31.8 Å². The third-order valence-electron chi connectivity index (χ3n) is 4.93. The first kappa shape index (κ1) is 21.9. The molecule has 1 unspecified atom stereocenters. The third kappa shape index (κ3) is 9.79. The molecule has 7 nitrogen and oxygen atoms in total. The SMILES string of the molecule is CS(=O)(=O)CCC(=O)NCC1CCCN(C2CCCCC2)C1.O=CO. The van der Waals surface area contributed by atoms with E-state index in [4.69, 9.17) is 9.90 Å². The van der Waals surface area contributed by atoms with Gasteiger partial charge in [0.1, 0.15) is 9.84 Å². The zero-order chi connectivity index (χ0) is 18.7. The molecule has 2 N–H and O–H groups in total. The average molecular weight is 377 g/mol. The standard InChI is InChI=1S/C16H30N2O3S.CH2O2/c1-22(20,21)11-9-16(19)17-12-14-6-5-10-18(13-14)15-7-3-2-4-8-15;2-1-3/h14-15H,2-13H2,1H3,(H,17,19);1H,(H,2,3). The number of nitrogens with one attached hydrogen (secondary N) is 1. The van der Waals surface area contributed by atoms with Crippen molar-refractivity contribution in [2.75, 3.05) is 31.6 Å². The number of carbonyl (C=O) groups excluding carboxylic acids is 1. The molecular formula is C17H32N2O5S. The van der Waals surface area contributed by atoms with Gasteiger partial charge in [-0.25, -0.2) is 8.42 Å². The molecule has 1 heterocycles. The normalized spacial score (nSPS) is 22.5. The van der Waals surface area contributed by atoms with Crippen molar-refractivity contribution in [2.45, 2.75) is 57.4 Å². The molecule has 0 aromatic rings. The van der Waals surface area contributed by atoms with Crippen molar-refractivity contribution in [3.63, 3.8) is 0 Å². The van der Waals surface area contributed by atoms with Crippen LogP contribution in [0.1, 0.15) is 51.4 Å². The van der Waals surface area contributed by atoms with Crippen LogP contribution in [0.2, 0.25) is 0 Å². The summed E-state index contributed by atoms with van der Waals surface area (Å²) in [5, 5.41) is 9.81. The molecule has 2 rings (SSSR count). The summed E-state index contributed by atoms with van der Waals surface area (Å²) >= 11 is 0. The van der Waals surface area contributed by atoms with Gasteiger partial charge in [-0.2, -0.15) is 0 Å². The van der Waals surface area contributed by atoms with Crippen LogP contribution in [0.5, 0.6) is 0 Å². The minimum atomic E-state index is -3.05. The fourth-order valence-corrected chi connectivity index (χ4v) is 4.22. The van der Waals surface area contributed by atoms with Crippen LogP contribution in [-0.4, -0.2) is 68.5 Å². The lowest BCUT2D eigenvalue weighted by Crippen LogP contribution is -2.46. The minimum absolute atomic E-state index is 0.0578. The molecular weight excluding hydrogens is 344 g/mol. The number of piperidine rings is 1. The number of carbonyl (C=O) groups is 2. The summed E-state index contributed by atoms with van der Waals surface area (Å²) in [5.41, 5.74) is 0. The fourth-order valence-electron chi connectivity index (χ4n) is 3.67. The summed E-state index contributed by atoms with van der Waals surface area (Å²) in [6, 6.07) is 0.748. The number of amides is 1. The summed E-state index contributed by atoms with van der Waals surface area (Å²) < 4.78 is 22.1. The Hall–Kier alpha value is -1.15. The van der Waals surface area contributed by atoms with E-state index in [2.05, 4.69) is 10.2 Å². The second-order valence-electron chi connectivity index (χ2n) is 7.08. The Labute approximate surface area is 151 Å². The number of hydrogen-bond donors (Lipinski definition) is 2. The predicted molar refractivity (Wildman–Crippen MR) is 97.2 cm³/mol. The molecule has 2 fully saturated rings. The van der Waals surface area contributed by atoms with Crippen LogP contribution >= 0.6 is 0 Å². The summed E-state index contributed by atoms with van der Waals surface area (Å²) in [5.74, 6) is 0.315. The number of rotatable bonds is 6. The van der Waals surface area contributed by atoms with E-state index >= 15 is 0 Å². The Morgan fingerprint density at radius 2 is 1.84 bits per heavy atom. The molecule has 146 valence electrons. The first-order valence-corrected chi connectivity index (χ1v) is 11.2. The maximum atomic E-state index is 11.7. The molecule has 0 aromatic carbocycles. The Kier molecular flexibility index (Phi) is 10.0. The second kappa shape index (κ2) is 11.5. The molecule has 0 radical (unpaired) electrons. The molecule has 1 atom stereocenters. The molecule has 25 heavy (non-hydrogen) atoms. The Balaban J connectivity index is 0.000000970. The minimum Gasteiger partial charge on any atom is -0.483 e. The van der Waals surface area contributed by atoms with Crippen LogP contribution in [0.15, 0.2) is 0 Å². The van der Waals surface area contributed by atoms with Crippen molar-refractivity contribution in [2.24, 2.45) is 5.92 Å². The van der Waals surface area contributed by atoms with Gasteiger partial charge in [-0.1, -0.05) is 19.3 Å². The van der Waals surface area contributed by atoms with Crippen LogP contribution in [-0.2, 0) is 19.4 Å². The van der Waals surface area contributed by atoms with Gasteiger partial charge in [0.2, 0.25) is 5.91 Å². The molecule has 0 bridgehead atoms. The highest BCUT2D eigenvalue weighted by Crippen LogP contribution is 2.26. The van der Waals surface area contributed by atoms with Gasteiger partial charge in [0.25, 0.3) is 6.47 Å². The van der Waals surface area contributed by atoms with E-state index in [1.807, 2.05) is 0 Å². The fraction of sp³-hybridized carbons (Fsp3) is 0.882. The van der Waals surface area contributed by atoms with E-state index in [9.17, 15) is 13.2 Å².